The highest BCUT2D eigenvalue weighted by molar-refractivity contribution is 5.79. The van der Waals surface area contributed by atoms with Gasteiger partial charge in [0.1, 0.15) is 0 Å². The zero-order valence-corrected chi connectivity index (χ0v) is 15.2. The quantitative estimate of drug-likeness (QED) is 0.826. The van der Waals surface area contributed by atoms with Crippen molar-refractivity contribution in [3.63, 3.8) is 0 Å². The zero-order valence-electron chi connectivity index (χ0n) is 15.2. The maximum atomic E-state index is 12.7. The number of carbonyl (C=O) groups excluding carboxylic acids is 1. The first-order chi connectivity index (χ1) is 12.2. The molecule has 1 aliphatic carbocycles. The summed E-state index contributed by atoms with van der Waals surface area (Å²) in [5, 5.41) is 3.23. The summed E-state index contributed by atoms with van der Waals surface area (Å²) >= 11 is 0. The third kappa shape index (κ3) is 4.60. The van der Waals surface area contributed by atoms with Gasteiger partial charge in [-0.1, -0.05) is 36.2 Å². The van der Waals surface area contributed by atoms with Crippen molar-refractivity contribution >= 4 is 5.91 Å². The molecule has 138 valence electrons. The molecule has 0 aromatic heterocycles. The van der Waals surface area contributed by atoms with Crippen molar-refractivity contribution in [1.29, 1.82) is 0 Å². The lowest BCUT2D eigenvalue weighted by Crippen LogP contribution is -2.45. The molecule has 3 atom stereocenters. The molecule has 3 N–H and O–H groups in total. The monoisotopic (exact) mass is 345 g/mol. The minimum atomic E-state index is 0.0906. The Labute approximate surface area is 150 Å². The molecule has 1 amide bonds. The molecule has 5 nitrogen and oxygen atoms in total. The second kappa shape index (κ2) is 8.79. The van der Waals surface area contributed by atoms with Crippen LogP contribution < -0.4 is 11.1 Å². The van der Waals surface area contributed by atoms with E-state index in [0.717, 1.165) is 45.6 Å². The highest BCUT2D eigenvalue weighted by atomic mass is 16.5. The topological polar surface area (TPSA) is 67.6 Å². The maximum Gasteiger partial charge on any atom is 0.223 e. The number of nitrogens with one attached hydrogen (secondary N) is 1. The number of aryl methyl sites for hydroxylation is 1. The molecule has 0 bridgehead atoms. The van der Waals surface area contributed by atoms with E-state index in [1.165, 1.54) is 11.1 Å². The number of hydrogen-bond acceptors (Lipinski definition) is 4. The number of benzene rings is 1. The van der Waals surface area contributed by atoms with Crippen LogP contribution in [0.5, 0.6) is 0 Å². The normalized spacial score (nSPS) is 25.7. The standard InChI is InChI=1S/C20H31N3O2/c1-15-4-2-5-16(12-15)19(23-8-10-25-11-9-23)14-22-20(24)18-7-3-6-17(18)13-21/h2,4-5,12,17-19H,3,6-11,13-14,21H2,1H3,(H,22,24)/t17-,18-,19?/m1/s1. The fraction of sp³-hybridized carbons (Fsp3) is 0.650. The van der Waals surface area contributed by atoms with Crippen molar-refractivity contribution in [2.75, 3.05) is 39.4 Å². The van der Waals surface area contributed by atoms with Gasteiger partial charge in [-0.3, -0.25) is 9.69 Å². The Morgan fingerprint density at radius 2 is 2.16 bits per heavy atom. The van der Waals surface area contributed by atoms with Gasteiger partial charge in [0.2, 0.25) is 5.91 Å². The van der Waals surface area contributed by atoms with Gasteiger partial charge in [-0.25, -0.2) is 0 Å². The van der Waals surface area contributed by atoms with Crippen molar-refractivity contribution in [1.82, 2.24) is 10.2 Å². The summed E-state index contributed by atoms with van der Waals surface area (Å²) in [5.41, 5.74) is 8.36. The van der Waals surface area contributed by atoms with E-state index >= 15 is 0 Å². The van der Waals surface area contributed by atoms with Crippen LogP contribution in [0.2, 0.25) is 0 Å². The molecule has 1 aromatic rings. The van der Waals surface area contributed by atoms with Gasteiger partial charge in [-0.15, -0.1) is 0 Å². The van der Waals surface area contributed by atoms with E-state index in [1.54, 1.807) is 0 Å². The summed E-state index contributed by atoms with van der Waals surface area (Å²) in [6, 6.07) is 8.80. The van der Waals surface area contributed by atoms with Crippen LogP contribution in [0.3, 0.4) is 0 Å². The molecular formula is C20H31N3O2. The summed E-state index contributed by atoms with van der Waals surface area (Å²) in [5.74, 6) is 0.618. The highest BCUT2D eigenvalue weighted by Crippen LogP contribution is 2.31. The van der Waals surface area contributed by atoms with Crippen LogP contribution in [0.4, 0.5) is 0 Å². The third-order valence-electron chi connectivity index (χ3n) is 5.68. The largest absolute Gasteiger partial charge is 0.379 e. The van der Waals surface area contributed by atoms with Crippen LogP contribution in [-0.4, -0.2) is 50.2 Å². The molecular weight excluding hydrogens is 314 g/mol. The highest BCUT2D eigenvalue weighted by Gasteiger charge is 2.32. The summed E-state index contributed by atoms with van der Waals surface area (Å²) < 4.78 is 5.50. The first-order valence-electron chi connectivity index (χ1n) is 9.55. The number of morpholine rings is 1. The van der Waals surface area contributed by atoms with Crippen molar-refractivity contribution in [2.24, 2.45) is 17.6 Å². The molecule has 1 saturated heterocycles. The van der Waals surface area contributed by atoms with E-state index in [4.69, 9.17) is 10.5 Å². The molecule has 1 saturated carbocycles. The predicted molar refractivity (Wildman–Crippen MR) is 99.2 cm³/mol. The van der Waals surface area contributed by atoms with Gasteiger partial charge in [-0.05, 0) is 37.8 Å². The van der Waals surface area contributed by atoms with Gasteiger partial charge < -0.3 is 15.8 Å². The lowest BCUT2D eigenvalue weighted by molar-refractivity contribution is -0.126. The van der Waals surface area contributed by atoms with Crippen LogP contribution >= 0.6 is 0 Å². The fourth-order valence-electron chi connectivity index (χ4n) is 4.22. The second-order valence-electron chi connectivity index (χ2n) is 7.36. The van der Waals surface area contributed by atoms with Gasteiger partial charge in [0.25, 0.3) is 0 Å². The van der Waals surface area contributed by atoms with E-state index in [9.17, 15) is 4.79 Å². The first kappa shape index (κ1) is 18.4. The van der Waals surface area contributed by atoms with Gasteiger partial charge in [0.15, 0.2) is 0 Å². The van der Waals surface area contributed by atoms with E-state index in [-0.39, 0.29) is 17.9 Å². The maximum absolute atomic E-state index is 12.7. The lowest BCUT2D eigenvalue weighted by atomic mass is 9.95. The van der Waals surface area contributed by atoms with E-state index in [1.807, 2.05) is 0 Å². The second-order valence-corrected chi connectivity index (χ2v) is 7.36. The van der Waals surface area contributed by atoms with Crippen LogP contribution in [0.25, 0.3) is 0 Å². The average molecular weight is 345 g/mol. The Balaban J connectivity index is 1.68. The summed E-state index contributed by atoms with van der Waals surface area (Å²) in [4.78, 5) is 15.1. The molecule has 2 fully saturated rings. The van der Waals surface area contributed by atoms with Crippen LogP contribution in [0.15, 0.2) is 24.3 Å². The van der Waals surface area contributed by atoms with Crippen molar-refractivity contribution < 1.29 is 9.53 Å². The van der Waals surface area contributed by atoms with E-state index in [2.05, 4.69) is 41.4 Å². The van der Waals surface area contributed by atoms with Gasteiger partial charge in [0, 0.05) is 25.6 Å². The molecule has 1 heterocycles. The van der Waals surface area contributed by atoms with Crippen LogP contribution in [0, 0.1) is 18.8 Å². The summed E-state index contributed by atoms with van der Waals surface area (Å²) in [6.07, 6.45) is 3.17. The molecule has 2 aliphatic rings. The number of rotatable bonds is 6. The van der Waals surface area contributed by atoms with Crippen molar-refractivity contribution in [2.45, 2.75) is 32.2 Å². The smallest absolute Gasteiger partial charge is 0.223 e. The van der Waals surface area contributed by atoms with Crippen molar-refractivity contribution in [3.8, 4) is 0 Å². The fourth-order valence-corrected chi connectivity index (χ4v) is 4.22. The molecule has 0 spiro atoms. The number of amides is 1. The third-order valence-corrected chi connectivity index (χ3v) is 5.68. The van der Waals surface area contributed by atoms with Crippen LogP contribution in [0.1, 0.15) is 36.4 Å². The minimum Gasteiger partial charge on any atom is -0.379 e. The number of hydrogen-bond donors (Lipinski definition) is 2. The molecule has 3 rings (SSSR count). The lowest BCUT2D eigenvalue weighted by Gasteiger charge is -2.35. The zero-order chi connectivity index (χ0) is 17.6. The average Bonchev–Trinajstić information content (AvgIpc) is 3.11. The SMILES string of the molecule is Cc1cccc(C(CNC(=O)[C@@H]2CCC[C@@H]2CN)N2CCOCC2)c1. The number of nitrogens with two attached hydrogens (primary N) is 1. The molecule has 1 unspecified atom stereocenters. The number of ether oxygens (including phenoxy) is 1. The Kier molecular flexibility index (Phi) is 6.45. The Bertz CT molecular complexity index is 572. The molecule has 0 radical (unpaired) electrons. The van der Waals surface area contributed by atoms with Gasteiger partial charge in [-0.2, -0.15) is 0 Å². The van der Waals surface area contributed by atoms with Crippen molar-refractivity contribution in [3.05, 3.63) is 35.4 Å². The molecule has 25 heavy (non-hydrogen) atoms. The van der Waals surface area contributed by atoms with Crippen LogP contribution in [-0.2, 0) is 9.53 Å². The Morgan fingerprint density at radius 1 is 1.36 bits per heavy atom. The van der Waals surface area contributed by atoms with Gasteiger partial charge >= 0.3 is 0 Å². The Morgan fingerprint density at radius 3 is 2.88 bits per heavy atom. The summed E-state index contributed by atoms with van der Waals surface area (Å²) in [7, 11) is 0. The number of nitrogens with zero attached hydrogens (tertiary/aromatic N) is 1. The van der Waals surface area contributed by atoms with Gasteiger partial charge in [0.05, 0.1) is 19.3 Å². The molecule has 1 aromatic carbocycles. The summed E-state index contributed by atoms with van der Waals surface area (Å²) in [6.45, 7) is 6.71. The predicted octanol–water partition coefficient (Wildman–Crippen LogP) is 1.86. The van der Waals surface area contributed by atoms with E-state index in [0.29, 0.717) is 19.0 Å². The number of carbonyl (C=O) groups is 1. The first-order valence-corrected chi connectivity index (χ1v) is 9.55. The molecule has 1 aliphatic heterocycles. The minimum absolute atomic E-state index is 0.0906. The molecule has 5 heteroatoms. The van der Waals surface area contributed by atoms with E-state index < -0.39 is 0 Å². The Hall–Kier alpha value is -1.43.